The second kappa shape index (κ2) is 5.47. The van der Waals surface area contributed by atoms with Crippen LogP contribution in [0.1, 0.15) is 31.0 Å². The molecule has 0 aliphatic rings. The molecule has 0 spiro atoms. The molecule has 2 rings (SSSR count). The van der Waals surface area contributed by atoms with Gasteiger partial charge in [0.15, 0.2) is 0 Å². The Labute approximate surface area is 125 Å². The van der Waals surface area contributed by atoms with Crippen LogP contribution in [0.5, 0.6) is 0 Å². The number of hydrogen-bond acceptors (Lipinski definition) is 2. The van der Waals surface area contributed by atoms with E-state index in [0.717, 1.165) is 21.3 Å². The molecular weight excluding hydrogens is 328 g/mol. The number of halogens is 2. The van der Waals surface area contributed by atoms with Gasteiger partial charge in [0, 0.05) is 26.3 Å². The molecule has 0 radical (unpaired) electrons. The molecule has 0 saturated heterocycles. The van der Waals surface area contributed by atoms with E-state index in [4.69, 9.17) is 11.6 Å². The van der Waals surface area contributed by atoms with E-state index in [-0.39, 0.29) is 11.5 Å². The summed E-state index contributed by atoms with van der Waals surface area (Å²) >= 11 is 9.35. The van der Waals surface area contributed by atoms with E-state index in [1.165, 1.54) is 0 Å². The molecule has 0 amide bonds. The molecule has 1 N–H and O–H groups in total. The minimum atomic E-state index is -0.0839. The molecule has 2 aromatic rings. The number of aromatic nitrogens is 2. The zero-order valence-corrected chi connectivity index (χ0v) is 13.3. The Kier molecular flexibility index (Phi) is 4.11. The number of rotatable bonds is 2. The standard InChI is InChI=1S/C14H14BrClN2O/c1-7(2)12-8(3)17-13(18-14(12)19)10-5-4-9(16)6-11(10)15/h4-7H,1-3H3,(H,17,18,19). The predicted molar refractivity (Wildman–Crippen MR) is 81.8 cm³/mol. The van der Waals surface area contributed by atoms with Crippen molar-refractivity contribution in [3.63, 3.8) is 0 Å². The van der Waals surface area contributed by atoms with Gasteiger partial charge in [0.05, 0.1) is 0 Å². The van der Waals surface area contributed by atoms with Crippen LogP contribution < -0.4 is 5.56 Å². The van der Waals surface area contributed by atoms with Crippen molar-refractivity contribution in [2.45, 2.75) is 26.7 Å². The minimum absolute atomic E-state index is 0.0839. The summed E-state index contributed by atoms with van der Waals surface area (Å²) in [6, 6.07) is 5.38. The average Bonchev–Trinajstić information content (AvgIpc) is 2.26. The number of nitrogens with zero attached hydrogens (tertiary/aromatic N) is 1. The van der Waals surface area contributed by atoms with E-state index in [2.05, 4.69) is 25.9 Å². The minimum Gasteiger partial charge on any atom is -0.306 e. The molecule has 1 aromatic heterocycles. The molecule has 3 nitrogen and oxygen atoms in total. The maximum Gasteiger partial charge on any atom is 0.254 e. The zero-order chi connectivity index (χ0) is 14.2. The summed E-state index contributed by atoms with van der Waals surface area (Å²) in [5.74, 6) is 0.703. The van der Waals surface area contributed by atoms with Crippen molar-refractivity contribution in [3.05, 3.63) is 49.3 Å². The van der Waals surface area contributed by atoms with E-state index in [1.54, 1.807) is 12.1 Å². The molecule has 0 aliphatic carbocycles. The van der Waals surface area contributed by atoms with Crippen LogP contribution in [0.2, 0.25) is 5.02 Å². The van der Waals surface area contributed by atoms with Crippen molar-refractivity contribution in [1.82, 2.24) is 9.97 Å². The van der Waals surface area contributed by atoms with Gasteiger partial charge in [0.25, 0.3) is 5.56 Å². The molecule has 0 fully saturated rings. The van der Waals surface area contributed by atoms with E-state index < -0.39 is 0 Å². The third-order valence-electron chi connectivity index (χ3n) is 2.91. The zero-order valence-electron chi connectivity index (χ0n) is 10.9. The predicted octanol–water partition coefficient (Wildman–Crippen LogP) is 4.28. The molecule has 0 bridgehead atoms. The normalized spacial score (nSPS) is 11.1. The van der Waals surface area contributed by atoms with Crippen molar-refractivity contribution < 1.29 is 0 Å². The molecule has 0 unspecified atom stereocenters. The van der Waals surface area contributed by atoms with Crippen LogP contribution in [-0.2, 0) is 0 Å². The topological polar surface area (TPSA) is 45.8 Å². The van der Waals surface area contributed by atoms with E-state index in [0.29, 0.717) is 10.8 Å². The van der Waals surface area contributed by atoms with Crippen LogP contribution in [0, 0.1) is 6.92 Å². The summed E-state index contributed by atoms with van der Waals surface area (Å²) in [6.45, 7) is 5.83. The van der Waals surface area contributed by atoms with E-state index >= 15 is 0 Å². The Balaban J connectivity index is 2.62. The first-order chi connectivity index (χ1) is 8.90. The Morgan fingerprint density at radius 2 is 2.05 bits per heavy atom. The van der Waals surface area contributed by atoms with Crippen LogP contribution in [-0.4, -0.2) is 9.97 Å². The number of aryl methyl sites for hydroxylation is 1. The fourth-order valence-corrected chi connectivity index (χ4v) is 2.95. The highest BCUT2D eigenvalue weighted by molar-refractivity contribution is 9.10. The number of aromatic amines is 1. The highest BCUT2D eigenvalue weighted by atomic mass is 79.9. The second-order valence-electron chi connectivity index (χ2n) is 4.69. The Bertz CT molecular complexity index is 680. The first kappa shape index (κ1) is 14.3. The van der Waals surface area contributed by atoms with Gasteiger partial charge in [0.1, 0.15) is 5.82 Å². The van der Waals surface area contributed by atoms with Crippen molar-refractivity contribution in [1.29, 1.82) is 0 Å². The number of hydrogen-bond donors (Lipinski definition) is 1. The van der Waals surface area contributed by atoms with Gasteiger partial charge >= 0.3 is 0 Å². The van der Waals surface area contributed by atoms with Crippen LogP contribution in [0.4, 0.5) is 0 Å². The van der Waals surface area contributed by atoms with Crippen molar-refractivity contribution in [3.8, 4) is 11.4 Å². The van der Waals surface area contributed by atoms with Crippen molar-refractivity contribution in [2.24, 2.45) is 0 Å². The summed E-state index contributed by atoms with van der Waals surface area (Å²) in [7, 11) is 0. The molecule has 1 aromatic carbocycles. The fraction of sp³-hybridized carbons (Fsp3) is 0.286. The first-order valence-electron chi connectivity index (χ1n) is 5.96. The third-order valence-corrected chi connectivity index (χ3v) is 3.80. The molecular formula is C14H14BrClN2O. The SMILES string of the molecule is Cc1nc(-c2ccc(Cl)cc2Br)[nH]c(=O)c1C(C)C. The molecule has 0 saturated carbocycles. The highest BCUT2D eigenvalue weighted by Gasteiger charge is 2.13. The van der Waals surface area contributed by atoms with E-state index in [1.807, 2.05) is 26.8 Å². The van der Waals surface area contributed by atoms with Crippen molar-refractivity contribution in [2.75, 3.05) is 0 Å². The quantitative estimate of drug-likeness (QED) is 0.886. The summed E-state index contributed by atoms with van der Waals surface area (Å²) in [5.41, 5.74) is 2.23. The molecule has 0 atom stereocenters. The lowest BCUT2D eigenvalue weighted by Crippen LogP contribution is -2.18. The average molecular weight is 342 g/mol. The number of nitrogens with one attached hydrogen (secondary N) is 1. The van der Waals surface area contributed by atoms with Gasteiger partial charge < -0.3 is 4.98 Å². The highest BCUT2D eigenvalue weighted by Crippen LogP contribution is 2.28. The monoisotopic (exact) mass is 340 g/mol. The lowest BCUT2D eigenvalue weighted by molar-refractivity contribution is 0.815. The lowest BCUT2D eigenvalue weighted by atomic mass is 10.0. The summed E-state index contributed by atoms with van der Waals surface area (Å²) in [5, 5.41) is 0.633. The van der Waals surface area contributed by atoms with Gasteiger partial charge in [-0.25, -0.2) is 4.98 Å². The lowest BCUT2D eigenvalue weighted by Gasteiger charge is -2.10. The smallest absolute Gasteiger partial charge is 0.254 e. The number of benzene rings is 1. The maximum atomic E-state index is 12.1. The molecule has 1 heterocycles. The van der Waals surface area contributed by atoms with Gasteiger partial charge in [-0.3, -0.25) is 4.79 Å². The van der Waals surface area contributed by atoms with Crippen LogP contribution >= 0.6 is 27.5 Å². The Morgan fingerprint density at radius 1 is 1.37 bits per heavy atom. The number of H-pyrrole nitrogens is 1. The fourth-order valence-electron chi connectivity index (χ4n) is 2.08. The van der Waals surface area contributed by atoms with Crippen LogP contribution in [0.25, 0.3) is 11.4 Å². The Hall–Kier alpha value is -1.13. The molecule has 5 heteroatoms. The van der Waals surface area contributed by atoms with Gasteiger partial charge in [-0.1, -0.05) is 25.4 Å². The maximum absolute atomic E-state index is 12.1. The van der Waals surface area contributed by atoms with Gasteiger partial charge in [0.2, 0.25) is 0 Å². The van der Waals surface area contributed by atoms with Crippen molar-refractivity contribution >= 4 is 27.5 Å². The third kappa shape index (κ3) is 2.90. The van der Waals surface area contributed by atoms with Crippen LogP contribution in [0.15, 0.2) is 27.5 Å². The summed E-state index contributed by atoms with van der Waals surface area (Å²) in [6.07, 6.45) is 0. The van der Waals surface area contributed by atoms with Gasteiger partial charge in [-0.05, 0) is 47.0 Å². The van der Waals surface area contributed by atoms with Gasteiger partial charge in [-0.2, -0.15) is 0 Å². The molecule has 100 valence electrons. The Morgan fingerprint density at radius 3 is 2.58 bits per heavy atom. The van der Waals surface area contributed by atoms with Crippen LogP contribution in [0.3, 0.4) is 0 Å². The largest absolute Gasteiger partial charge is 0.306 e. The molecule has 0 aliphatic heterocycles. The van der Waals surface area contributed by atoms with E-state index in [9.17, 15) is 4.79 Å². The van der Waals surface area contributed by atoms with Gasteiger partial charge in [-0.15, -0.1) is 0 Å². The summed E-state index contributed by atoms with van der Waals surface area (Å²) in [4.78, 5) is 19.4. The summed E-state index contributed by atoms with van der Waals surface area (Å²) < 4.78 is 0.805. The second-order valence-corrected chi connectivity index (χ2v) is 5.98. The first-order valence-corrected chi connectivity index (χ1v) is 7.13. The molecule has 19 heavy (non-hydrogen) atoms.